The molecule has 0 saturated heterocycles. The standard InChI is InChI=1S/C10H14N2O3/c1-2-14-10(13)8-5-9(7-12-6-8)15-4-3-11/h5-7H,2-4,11H2,1H3. The van der Waals surface area contributed by atoms with Crippen LogP contribution in [0.5, 0.6) is 5.75 Å². The SMILES string of the molecule is CCOC(=O)c1cncc(OCCN)c1. The van der Waals surface area contributed by atoms with Gasteiger partial charge in [-0.3, -0.25) is 4.98 Å². The van der Waals surface area contributed by atoms with Crippen LogP contribution in [0.1, 0.15) is 17.3 Å². The molecule has 0 aliphatic rings. The zero-order chi connectivity index (χ0) is 11.1. The molecule has 1 heterocycles. The van der Waals surface area contributed by atoms with Gasteiger partial charge in [0, 0.05) is 12.7 Å². The molecule has 0 radical (unpaired) electrons. The number of nitrogens with zero attached hydrogens (tertiary/aromatic N) is 1. The van der Waals surface area contributed by atoms with E-state index in [9.17, 15) is 4.79 Å². The third kappa shape index (κ3) is 3.55. The van der Waals surface area contributed by atoms with Gasteiger partial charge in [-0.2, -0.15) is 0 Å². The van der Waals surface area contributed by atoms with Crippen LogP contribution in [-0.2, 0) is 4.74 Å². The van der Waals surface area contributed by atoms with E-state index in [1.165, 1.54) is 12.4 Å². The van der Waals surface area contributed by atoms with E-state index < -0.39 is 5.97 Å². The van der Waals surface area contributed by atoms with E-state index in [1.807, 2.05) is 0 Å². The van der Waals surface area contributed by atoms with Crippen molar-refractivity contribution in [2.24, 2.45) is 5.73 Å². The number of aromatic nitrogens is 1. The summed E-state index contributed by atoms with van der Waals surface area (Å²) in [5.74, 6) is 0.120. The van der Waals surface area contributed by atoms with Crippen molar-refractivity contribution in [1.29, 1.82) is 0 Å². The minimum Gasteiger partial charge on any atom is -0.491 e. The molecule has 0 bridgehead atoms. The van der Waals surface area contributed by atoms with Crippen molar-refractivity contribution in [2.45, 2.75) is 6.92 Å². The van der Waals surface area contributed by atoms with Gasteiger partial charge in [0.1, 0.15) is 12.4 Å². The summed E-state index contributed by atoms with van der Waals surface area (Å²) in [4.78, 5) is 15.2. The molecule has 5 heteroatoms. The fraction of sp³-hybridized carbons (Fsp3) is 0.400. The Morgan fingerprint density at radius 3 is 3.00 bits per heavy atom. The molecule has 0 unspecified atom stereocenters. The Morgan fingerprint density at radius 1 is 1.53 bits per heavy atom. The first-order chi connectivity index (χ1) is 7.27. The van der Waals surface area contributed by atoms with E-state index in [-0.39, 0.29) is 0 Å². The van der Waals surface area contributed by atoms with Gasteiger partial charge in [-0.05, 0) is 13.0 Å². The topological polar surface area (TPSA) is 74.4 Å². The average molecular weight is 210 g/mol. The Bertz CT molecular complexity index is 328. The summed E-state index contributed by atoms with van der Waals surface area (Å²) in [6.45, 7) is 2.91. The number of nitrogens with two attached hydrogens (primary N) is 1. The van der Waals surface area contributed by atoms with Crippen molar-refractivity contribution in [2.75, 3.05) is 19.8 Å². The highest BCUT2D eigenvalue weighted by atomic mass is 16.5. The van der Waals surface area contributed by atoms with Gasteiger partial charge >= 0.3 is 5.97 Å². The smallest absolute Gasteiger partial charge is 0.339 e. The molecule has 0 aliphatic heterocycles. The maximum Gasteiger partial charge on any atom is 0.339 e. The first kappa shape index (κ1) is 11.5. The first-order valence-corrected chi connectivity index (χ1v) is 4.73. The number of rotatable bonds is 5. The van der Waals surface area contributed by atoms with Crippen molar-refractivity contribution in [3.63, 3.8) is 0 Å². The first-order valence-electron chi connectivity index (χ1n) is 4.73. The third-order valence-electron chi connectivity index (χ3n) is 1.61. The molecule has 0 fully saturated rings. The summed E-state index contributed by atoms with van der Waals surface area (Å²) < 4.78 is 10.1. The lowest BCUT2D eigenvalue weighted by Crippen LogP contribution is -2.11. The number of ether oxygens (including phenoxy) is 2. The molecule has 1 aromatic rings. The highest BCUT2D eigenvalue weighted by Crippen LogP contribution is 2.11. The van der Waals surface area contributed by atoms with E-state index in [4.69, 9.17) is 15.2 Å². The molecule has 1 rings (SSSR count). The molecule has 82 valence electrons. The minimum absolute atomic E-state index is 0.340. The largest absolute Gasteiger partial charge is 0.491 e. The summed E-state index contributed by atoms with van der Waals surface area (Å²) in [5, 5.41) is 0. The second kappa shape index (κ2) is 5.98. The van der Waals surface area contributed by atoms with Gasteiger partial charge in [-0.25, -0.2) is 4.79 Å². The lowest BCUT2D eigenvalue weighted by molar-refractivity contribution is 0.0525. The van der Waals surface area contributed by atoms with Crippen molar-refractivity contribution in [3.05, 3.63) is 24.0 Å². The zero-order valence-corrected chi connectivity index (χ0v) is 8.60. The van der Waals surface area contributed by atoms with Gasteiger partial charge in [0.25, 0.3) is 0 Å². The zero-order valence-electron chi connectivity index (χ0n) is 8.60. The third-order valence-corrected chi connectivity index (χ3v) is 1.61. The number of hydrogen-bond donors (Lipinski definition) is 1. The summed E-state index contributed by atoms with van der Waals surface area (Å²) >= 11 is 0. The predicted octanol–water partition coefficient (Wildman–Crippen LogP) is 0.596. The molecule has 2 N–H and O–H groups in total. The Labute approximate surface area is 88.2 Å². The summed E-state index contributed by atoms with van der Waals surface area (Å²) in [7, 11) is 0. The molecule has 1 aromatic heterocycles. The van der Waals surface area contributed by atoms with E-state index >= 15 is 0 Å². The Morgan fingerprint density at radius 2 is 2.33 bits per heavy atom. The van der Waals surface area contributed by atoms with Crippen molar-refractivity contribution in [3.8, 4) is 5.75 Å². The quantitative estimate of drug-likeness (QED) is 0.720. The van der Waals surface area contributed by atoms with Crippen LogP contribution in [0, 0.1) is 0 Å². The van der Waals surface area contributed by atoms with Crippen LogP contribution >= 0.6 is 0 Å². The number of carbonyl (C=O) groups is 1. The summed E-state index contributed by atoms with van der Waals surface area (Å²) in [6.07, 6.45) is 2.96. The Kier molecular flexibility index (Phi) is 4.56. The number of pyridine rings is 1. The lowest BCUT2D eigenvalue weighted by Gasteiger charge is -2.05. The van der Waals surface area contributed by atoms with Gasteiger partial charge in [-0.15, -0.1) is 0 Å². The maximum atomic E-state index is 11.3. The van der Waals surface area contributed by atoms with Crippen LogP contribution in [-0.4, -0.2) is 30.7 Å². The Balaban J connectivity index is 2.69. The molecular formula is C10H14N2O3. The predicted molar refractivity (Wildman–Crippen MR) is 54.7 cm³/mol. The molecule has 0 aliphatic carbocycles. The van der Waals surface area contributed by atoms with Crippen LogP contribution in [0.4, 0.5) is 0 Å². The van der Waals surface area contributed by atoms with Gasteiger partial charge in [0.2, 0.25) is 0 Å². The summed E-state index contributed by atoms with van der Waals surface area (Å²) in [5.41, 5.74) is 5.67. The van der Waals surface area contributed by atoms with E-state index in [2.05, 4.69) is 4.98 Å². The maximum absolute atomic E-state index is 11.3. The molecule has 0 amide bonds. The van der Waals surface area contributed by atoms with Gasteiger partial charge in [0.05, 0.1) is 18.4 Å². The molecule has 0 atom stereocenters. The van der Waals surface area contributed by atoms with Gasteiger partial charge < -0.3 is 15.2 Å². The highest BCUT2D eigenvalue weighted by Gasteiger charge is 2.07. The van der Waals surface area contributed by atoms with Crippen molar-refractivity contribution < 1.29 is 14.3 Å². The lowest BCUT2D eigenvalue weighted by atomic mass is 10.3. The van der Waals surface area contributed by atoms with Gasteiger partial charge in [-0.1, -0.05) is 0 Å². The molecule has 5 nitrogen and oxygen atoms in total. The van der Waals surface area contributed by atoms with Crippen LogP contribution in [0.3, 0.4) is 0 Å². The number of hydrogen-bond acceptors (Lipinski definition) is 5. The van der Waals surface area contributed by atoms with E-state index in [0.29, 0.717) is 31.1 Å². The molecule has 0 aromatic carbocycles. The fourth-order valence-electron chi connectivity index (χ4n) is 1.00. The van der Waals surface area contributed by atoms with Crippen LogP contribution in [0.15, 0.2) is 18.5 Å². The minimum atomic E-state index is -0.400. The fourth-order valence-corrected chi connectivity index (χ4v) is 1.00. The molecule has 0 saturated carbocycles. The van der Waals surface area contributed by atoms with E-state index in [1.54, 1.807) is 13.0 Å². The van der Waals surface area contributed by atoms with Gasteiger partial charge in [0.15, 0.2) is 0 Å². The molecular weight excluding hydrogens is 196 g/mol. The van der Waals surface area contributed by atoms with Crippen molar-refractivity contribution >= 4 is 5.97 Å². The van der Waals surface area contributed by atoms with Crippen LogP contribution in [0.2, 0.25) is 0 Å². The second-order valence-corrected chi connectivity index (χ2v) is 2.77. The van der Waals surface area contributed by atoms with Crippen LogP contribution in [0.25, 0.3) is 0 Å². The van der Waals surface area contributed by atoms with Crippen molar-refractivity contribution in [1.82, 2.24) is 4.98 Å². The molecule has 0 spiro atoms. The Hall–Kier alpha value is -1.62. The monoisotopic (exact) mass is 210 g/mol. The normalized spacial score (nSPS) is 9.73. The second-order valence-electron chi connectivity index (χ2n) is 2.77. The van der Waals surface area contributed by atoms with E-state index in [0.717, 1.165) is 0 Å². The number of carbonyl (C=O) groups excluding carboxylic acids is 1. The molecule has 15 heavy (non-hydrogen) atoms. The highest BCUT2D eigenvalue weighted by molar-refractivity contribution is 5.89. The van der Waals surface area contributed by atoms with Crippen LogP contribution < -0.4 is 10.5 Å². The average Bonchev–Trinajstić information content (AvgIpc) is 2.27. The summed E-state index contributed by atoms with van der Waals surface area (Å²) in [6, 6.07) is 1.58. The number of esters is 1.